The normalized spacial score (nSPS) is 10.6. The number of oxazole rings is 1. The SMILES string of the molecule is Cc1oc(-c2ccccc2)nc1CCOc1ccccc1F. The van der Waals surface area contributed by atoms with Crippen molar-refractivity contribution in [1.82, 2.24) is 4.98 Å². The molecule has 112 valence electrons. The molecule has 0 radical (unpaired) electrons. The number of hydrogen-bond acceptors (Lipinski definition) is 3. The smallest absolute Gasteiger partial charge is 0.226 e. The molecule has 0 aliphatic heterocycles. The average Bonchev–Trinajstić information content (AvgIpc) is 2.91. The number of nitrogens with zero attached hydrogens (tertiary/aromatic N) is 1. The molecule has 0 bridgehead atoms. The van der Waals surface area contributed by atoms with Gasteiger partial charge in [-0.3, -0.25) is 0 Å². The molecule has 4 heteroatoms. The van der Waals surface area contributed by atoms with E-state index in [0.717, 1.165) is 17.0 Å². The molecule has 0 aliphatic carbocycles. The molecule has 3 aromatic rings. The topological polar surface area (TPSA) is 35.3 Å². The quantitative estimate of drug-likeness (QED) is 0.699. The van der Waals surface area contributed by atoms with Gasteiger partial charge in [-0.05, 0) is 31.2 Å². The first-order valence-electron chi connectivity index (χ1n) is 7.13. The fraction of sp³-hybridized carbons (Fsp3) is 0.167. The highest BCUT2D eigenvalue weighted by molar-refractivity contribution is 5.53. The van der Waals surface area contributed by atoms with Crippen LogP contribution in [0.15, 0.2) is 59.0 Å². The largest absolute Gasteiger partial charge is 0.490 e. The van der Waals surface area contributed by atoms with E-state index < -0.39 is 0 Å². The summed E-state index contributed by atoms with van der Waals surface area (Å²) in [4.78, 5) is 4.49. The van der Waals surface area contributed by atoms with E-state index in [9.17, 15) is 4.39 Å². The molecule has 22 heavy (non-hydrogen) atoms. The highest BCUT2D eigenvalue weighted by atomic mass is 19.1. The van der Waals surface area contributed by atoms with Gasteiger partial charge in [0.15, 0.2) is 11.6 Å². The van der Waals surface area contributed by atoms with Crippen LogP contribution < -0.4 is 4.74 Å². The summed E-state index contributed by atoms with van der Waals surface area (Å²) < 4.78 is 24.6. The second-order valence-electron chi connectivity index (χ2n) is 4.92. The molecule has 0 unspecified atom stereocenters. The summed E-state index contributed by atoms with van der Waals surface area (Å²) in [6.45, 7) is 2.22. The standard InChI is InChI=1S/C18H16FNO2/c1-13-16(11-12-21-17-10-6-5-9-15(17)19)20-18(22-13)14-7-3-2-4-8-14/h2-10H,11-12H2,1H3. The zero-order chi connectivity index (χ0) is 15.4. The molecule has 0 aliphatic rings. The van der Waals surface area contributed by atoms with Crippen molar-refractivity contribution in [1.29, 1.82) is 0 Å². The van der Waals surface area contributed by atoms with Gasteiger partial charge in [0.2, 0.25) is 5.89 Å². The van der Waals surface area contributed by atoms with E-state index in [2.05, 4.69) is 4.98 Å². The summed E-state index contributed by atoms with van der Waals surface area (Å²) in [6.07, 6.45) is 0.566. The monoisotopic (exact) mass is 297 g/mol. The highest BCUT2D eigenvalue weighted by Gasteiger charge is 2.11. The van der Waals surface area contributed by atoms with Crippen LogP contribution in [0, 0.1) is 12.7 Å². The first kappa shape index (κ1) is 14.3. The number of halogens is 1. The Morgan fingerprint density at radius 3 is 2.55 bits per heavy atom. The lowest BCUT2D eigenvalue weighted by Gasteiger charge is -2.05. The number of rotatable bonds is 5. The van der Waals surface area contributed by atoms with Gasteiger partial charge < -0.3 is 9.15 Å². The van der Waals surface area contributed by atoms with Crippen molar-refractivity contribution in [2.75, 3.05) is 6.61 Å². The second kappa shape index (κ2) is 6.43. The van der Waals surface area contributed by atoms with Crippen LogP contribution in [0.3, 0.4) is 0 Å². The van der Waals surface area contributed by atoms with Gasteiger partial charge in [0.25, 0.3) is 0 Å². The molecule has 3 nitrogen and oxygen atoms in total. The molecule has 1 aromatic heterocycles. The van der Waals surface area contributed by atoms with Crippen LogP contribution in [-0.4, -0.2) is 11.6 Å². The van der Waals surface area contributed by atoms with Crippen molar-refractivity contribution in [3.05, 3.63) is 71.9 Å². The molecular formula is C18H16FNO2. The van der Waals surface area contributed by atoms with Gasteiger partial charge in [0.05, 0.1) is 12.3 Å². The van der Waals surface area contributed by atoms with Crippen molar-refractivity contribution >= 4 is 0 Å². The average molecular weight is 297 g/mol. The number of para-hydroxylation sites is 1. The van der Waals surface area contributed by atoms with Crippen molar-refractivity contribution in [3.8, 4) is 17.2 Å². The molecule has 0 saturated carbocycles. The van der Waals surface area contributed by atoms with E-state index in [1.165, 1.54) is 6.07 Å². The lowest BCUT2D eigenvalue weighted by atomic mass is 10.2. The Labute approximate surface area is 128 Å². The number of ether oxygens (including phenoxy) is 1. The van der Waals surface area contributed by atoms with Crippen molar-refractivity contribution in [2.45, 2.75) is 13.3 Å². The zero-order valence-electron chi connectivity index (χ0n) is 12.3. The number of benzene rings is 2. The Hall–Kier alpha value is -2.62. The molecule has 3 rings (SSSR count). The lowest BCUT2D eigenvalue weighted by Crippen LogP contribution is -2.03. The third-order valence-electron chi connectivity index (χ3n) is 3.35. The second-order valence-corrected chi connectivity index (χ2v) is 4.92. The predicted octanol–water partition coefficient (Wildman–Crippen LogP) is 4.41. The first-order valence-corrected chi connectivity index (χ1v) is 7.13. The number of aryl methyl sites for hydroxylation is 1. The van der Waals surface area contributed by atoms with E-state index in [1.807, 2.05) is 37.3 Å². The van der Waals surface area contributed by atoms with Crippen LogP contribution in [0.5, 0.6) is 5.75 Å². The van der Waals surface area contributed by atoms with Crippen LogP contribution in [0.2, 0.25) is 0 Å². The molecule has 0 atom stereocenters. The van der Waals surface area contributed by atoms with Crippen LogP contribution in [-0.2, 0) is 6.42 Å². The third kappa shape index (κ3) is 3.17. The predicted molar refractivity (Wildman–Crippen MR) is 82.3 cm³/mol. The Kier molecular flexibility index (Phi) is 4.19. The fourth-order valence-electron chi connectivity index (χ4n) is 2.18. The summed E-state index contributed by atoms with van der Waals surface area (Å²) in [5.41, 5.74) is 1.77. The van der Waals surface area contributed by atoms with Gasteiger partial charge in [-0.15, -0.1) is 0 Å². The first-order chi connectivity index (χ1) is 10.7. The Balaban J connectivity index is 1.66. The molecule has 1 heterocycles. The van der Waals surface area contributed by atoms with E-state index in [4.69, 9.17) is 9.15 Å². The van der Waals surface area contributed by atoms with E-state index in [0.29, 0.717) is 18.9 Å². The molecule has 0 amide bonds. The third-order valence-corrected chi connectivity index (χ3v) is 3.35. The summed E-state index contributed by atoms with van der Waals surface area (Å²) in [6, 6.07) is 16.1. The Bertz CT molecular complexity index is 753. The molecule has 0 spiro atoms. The maximum Gasteiger partial charge on any atom is 0.226 e. The summed E-state index contributed by atoms with van der Waals surface area (Å²) in [5.74, 6) is 1.26. The minimum Gasteiger partial charge on any atom is -0.490 e. The zero-order valence-corrected chi connectivity index (χ0v) is 12.3. The number of hydrogen-bond donors (Lipinski definition) is 0. The molecular weight excluding hydrogens is 281 g/mol. The molecule has 0 saturated heterocycles. The van der Waals surface area contributed by atoms with Gasteiger partial charge in [0.1, 0.15) is 5.76 Å². The molecule has 0 N–H and O–H groups in total. The molecule has 2 aromatic carbocycles. The number of aromatic nitrogens is 1. The summed E-state index contributed by atoms with van der Waals surface area (Å²) in [7, 11) is 0. The van der Waals surface area contributed by atoms with Crippen LogP contribution >= 0.6 is 0 Å². The van der Waals surface area contributed by atoms with Crippen LogP contribution in [0.4, 0.5) is 4.39 Å². The summed E-state index contributed by atoms with van der Waals surface area (Å²) >= 11 is 0. The van der Waals surface area contributed by atoms with Gasteiger partial charge in [-0.2, -0.15) is 0 Å². The maximum absolute atomic E-state index is 13.5. The van der Waals surface area contributed by atoms with Crippen LogP contribution in [0.25, 0.3) is 11.5 Å². The minimum atomic E-state index is -0.357. The van der Waals surface area contributed by atoms with E-state index in [-0.39, 0.29) is 11.6 Å². The van der Waals surface area contributed by atoms with Gasteiger partial charge >= 0.3 is 0 Å². The van der Waals surface area contributed by atoms with Crippen molar-refractivity contribution in [2.24, 2.45) is 0 Å². The minimum absolute atomic E-state index is 0.256. The highest BCUT2D eigenvalue weighted by Crippen LogP contribution is 2.22. The van der Waals surface area contributed by atoms with Gasteiger partial charge in [-0.25, -0.2) is 9.37 Å². The molecule has 0 fully saturated rings. The fourth-order valence-corrected chi connectivity index (χ4v) is 2.18. The van der Waals surface area contributed by atoms with E-state index >= 15 is 0 Å². The Morgan fingerprint density at radius 1 is 1.05 bits per heavy atom. The summed E-state index contributed by atoms with van der Waals surface area (Å²) in [5, 5.41) is 0. The van der Waals surface area contributed by atoms with E-state index in [1.54, 1.807) is 18.2 Å². The maximum atomic E-state index is 13.5. The lowest BCUT2D eigenvalue weighted by molar-refractivity contribution is 0.303. The Morgan fingerprint density at radius 2 is 1.77 bits per heavy atom. The van der Waals surface area contributed by atoms with Crippen molar-refractivity contribution in [3.63, 3.8) is 0 Å². The van der Waals surface area contributed by atoms with Gasteiger partial charge in [0, 0.05) is 12.0 Å². The van der Waals surface area contributed by atoms with Gasteiger partial charge in [-0.1, -0.05) is 30.3 Å². The van der Waals surface area contributed by atoms with Crippen LogP contribution in [0.1, 0.15) is 11.5 Å². The van der Waals surface area contributed by atoms with Crippen molar-refractivity contribution < 1.29 is 13.5 Å².